The number of hydrogen-bond acceptors (Lipinski definition) is 2. The molecule has 1 rings (SSSR count). The second-order valence-corrected chi connectivity index (χ2v) is 4.14. The molecule has 0 radical (unpaired) electrons. The Kier molecular flexibility index (Phi) is 4.66. The highest BCUT2D eigenvalue weighted by molar-refractivity contribution is 7.07. The highest BCUT2D eigenvalue weighted by Crippen LogP contribution is 2.09. The summed E-state index contributed by atoms with van der Waals surface area (Å²) < 4.78 is 0. The lowest BCUT2D eigenvalue weighted by Gasteiger charge is -2.11. The zero-order chi connectivity index (χ0) is 10.4. The SMILES string of the molecule is CCC(CC)C(=O)NCc1ccsc1. The molecule has 0 saturated carbocycles. The molecule has 0 aliphatic heterocycles. The summed E-state index contributed by atoms with van der Waals surface area (Å²) in [6.45, 7) is 4.77. The van der Waals surface area contributed by atoms with Crippen LogP contribution in [0.2, 0.25) is 0 Å². The maximum absolute atomic E-state index is 11.6. The highest BCUT2D eigenvalue weighted by Gasteiger charge is 2.12. The minimum atomic E-state index is 0.175. The average molecular weight is 211 g/mol. The van der Waals surface area contributed by atoms with Gasteiger partial charge in [-0.1, -0.05) is 13.8 Å². The summed E-state index contributed by atoms with van der Waals surface area (Å²) in [5, 5.41) is 7.04. The first-order chi connectivity index (χ1) is 6.77. The molecular weight excluding hydrogens is 194 g/mol. The van der Waals surface area contributed by atoms with E-state index in [-0.39, 0.29) is 11.8 Å². The quantitative estimate of drug-likeness (QED) is 0.797. The normalized spacial score (nSPS) is 10.5. The van der Waals surface area contributed by atoms with Crippen molar-refractivity contribution >= 4 is 17.2 Å². The molecule has 2 nitrogen and oxygen atoms in total. The molecule has 14 heavy (non-hydrogen) atoms. The van der Waals surface area contributed by atoms with Crippen LogP contribution in [0.3, 0.4) is 0 Å². The van der Waals surface area contributed by atoms with Crippen LogP contribution in [0, 0.1) is 5.92 Å². The second kappa shape index (κ2) is 5.81. The van der Waals surface area contributed by atoms with Crippen molar-refractivity contribution in [3.05, 3.63) is 22.4 Å². The van der Waals surface area contributed by atoms with Gasteiger partial charge in [0, 0.05) is 12.5 Å². The summed E-state index contributed by atoms with van der Waals surface area (Å²) in [6.07, 6.45) is 1.85. The van der Waals surface area contributed by atoms with Gasteiger partial charge in [-0.15, -0.1) is 0 Å². The molecular formula is C11H17NOS. The topological polar surface area (TPSA) is 29.1 Å². The molecule has 0 bridgehead atoms. The predicted octanol–water partition coefficient (Wildman–Crippen LogP) is 2.80. The smallest absolute Gasteiger partial charge is 0.223 e. The number of hydrogen-bond donors (Lipinski definition) is 1. The molecule has 0 spiro atoms. The first-order valence-electron chi connectivity index (χ1n) is 5.06. The number of thiophene rings is 1. The maximum Gasteiger partial charge on any atom is 0.223 e. The second-order valence-electron chi connectivity index (χ2n) is 3.36. The van der Waals surface area contributed by atoms with Crippen LogP contribution in [0.4, 0.5) is 0 Å². The minimum absolute atomic E-state index is 0.175. The molecule has 0 aromatic carbocycles. The summed E-state index contributed by atoms with van der Waals surface area (Å²) in [4.78, 5) is 11.6. The Morgan fingerprint density at radius 1 is 1.50 bits per heavy atom. The zero-order valence-electron chi connectivity index (χ0n) is 8.75. The molecule has 3 heteroatoms. The van der Waals surface area contributed by atoms with Crippen molar-refractivity contribution in [2.45, 2.75) is 33.2 Å². The van der Waals surface area contributed by atoms with Gasteiger partial charge in [0.2, 0.25) is 5.91 Å². The lowest BCUT2D eigenvalue weighted by molar-refractivity contribution is -0.125. The summed E-state index contributed by atoms with van der Waals surface area (Å²) in [7, 11) is 0. The van der Waals surface area contributed by atoms with Crippen LogP contribution in [-0.2, 0) is 11.3 Å². The standard InChI is InChI=1S/C11H17NOS/c1-3-10(4-2)11(13)12-7-9-5-6-14-8-9/h5-6,8,10H,3-4,7H2,1-2H3,(H,12,13). The molecule has 1 aromatic heterocycles. The molecule has 0 fully saturated rings. The van der Waals surface area contributed by atoms with Crippen LogP contribution in [0.1, 0.15) is 32.3 Å². The fourth-order valence-corrected chi connectivity index (χ4v) is 2.05. The van der Waals surface area contributed by atoms with E-state index in [0.29, 0.717) is 6.54 Å². The maximum atomic E-state index is 11.6. The van der Waals surface area contributed by atoms with E-state index in [1.807, 2.05) is 11.4 Å². The van der Waals surface area contributed by atoms with Gasteiger partial charge in [0.15, 0.2) is 0 Å². The van der Waals surface area contributed by atoms with Crippen LogP contribution in [0.25, 0.3) is 0 Å². The van der Waals surface area contributed by atoms with Gasteiger partial charge >= 0.3 is 0 Å². The lowest BCUT2D eigenvalue weighted by atomic mass is 10.0. The van der Waals surface area contributed by atoms with Gasteiger partial charge in [-0.3, -0.25) is 4.79 Å². The molecule has 1 aromatic rings. The van der Waals surface area contributed by atoms with E-state index in [4.69, 9.17) is 0 Å². The van der Waals surface area contributed by atoms with Gasteiger partial charge in [0.25, 0.3) is 0 Å². The van der Waals surface area contributed by atoms with E-state index in [9.17, 15) is 4.79 Å². The van der Waals surface area contributed by atoms with Crippen LogP contribution in [0.15, 0.2) is 16.8 Å². The van der Waals surface area contributed by atoms with Crippen LogP contribution in [0.5, 0.6) is 0 Å². The van der Waals surface area contributed by atoms with Crippen LogP contribution in [-0.4, -0.2) is 5.91 Å². The van der Waals surface area contributed by atoms with Crippen molar-refractivity contribution in [2.24, 2.45) is 5.92 Å². The molecule has 78 valence electrons. The Balaban J connectivity index is 2.34. The van der Waals surface area contributed by atoms with Crippen molar-refractivity contribution in [3.63, 3.8) is 0 Å². The zero-order valence-corrected chi connectivity index (χ0v) is 9.56. The fourth-order valence-electron chi connectivity index (χ4n) is 1.39. The van der Waals surface area contributed by atoms with Crippen LogP contribution < -0.4 is 5.32 Å². The Bertz CT molecular complexity index is 265. The fraction of sp³-hybridized carbons (Fsp3) is 0.545. The number of nitrogens with one attached hydrogen (secondary N) is 1. The first kappa shape index (κ1) is 11.2. The molecule has 0 aliphatic carbocycles. The third-order valence-corrected chi connectivity index (χ3v) is 3.14. The Labute approximate surface area is 89.3 Å². The van der Waals surface area contributed by atoms with Gasteiger partial charge in [-0.05, 0) is 35.2 Å². The van der Waals surface area contributed by atoms with Crippen molar-refractivity contribution in [3.8, 4) is 0 Å². The minimum Gasteiger partial charge on any atom is -0.352 e. The van der Waals surface area contributed by atoms with E-state index in [2.05, 4.69) is 24.5 Å². The summed E-state index contributed by atoms with van der Waals surface area (Å²) in [6, 6.07) is 2.04. The Morgan fingerprint density at radius 2 is 2.21 bits per heavy atom. The first-order valence-corrected chi connectivity index (χ1v) is 6.01. The summed E-state index contributed by atoms with van der Waals surface area (Å²) in [5.41, 5.74) is 1.19. The van der Waals surface area contributed by atoms with Crippen molar-refractivity contribution in [1.82, 2.24) is 5.32 Å². The number of carbonyl (C=O) groups excluding carboxylic acids is 1. The summed E-state index contributed by atoms with van der Waals surface area (Å²) in [5.74, 6) is 0.356. The van der Waals surface area contributed by atoms with Gasteiger partial charge in [-0.2, -0.15) is 11.3 Å². The van der Waals surface area contributed by atoms with Crippen molar-refractivity contribution < 1.29 is 4.79 Å². The van der Waals surface area contributed by atoms with Gasteiger partial charge in [-0.25, -0.2) is 0 Å². The van der Waals surface area contributed by atoms with E-state index in [1.165, 1.54) is 5.56 Å². The summed E-state index contributed by atoms with van der Waals surface area (Å²) >= 11 is 1.66. The van der Waals surface area contributed by atoms with Gasteiger partial charge in [0.1, 0.15) is 0 Å². The molecule has 0 unspecified atom stereocenters. The monoisotopic (exact) mass is 211 g/mol. The number of rotatable bonds is 5. The average Bonchev–Trinajstić information content (AvgIpc) is 2.69. The third-order valence-electron chi connectivity index (χ3n) is 2.40. The molecule has 1 N–H and O–H groups in total. The molecule has 0 aliphatic rings. The molecule has 0 saturated heterocycles. The number of carbonyl (C=O) groups is 1. The molecule has 1 heterocycles. The number of amides is 1. The van der Waals surface area contributed by atoms with E-state index in [1.54, 1.807) is 11.3 Å². The Morgan fingerprint density at radius 3 is 2.71 bits per heavy atom. The molecule has 0 atom stereocenters. The van der Waals surface area contributed by atoms with E-state index >= 15 is 0 Å². The third kappa shape index (κ3) is 3.14. The van der Waals surface area contributed by atoms with Crippen molar-refractivity contribution in [1.29, 1.82) is 0 Å². The van der Waals surface area contributed by atoms with E-state index < -0.39 is 0 Å². The largest absolute Gasteiger partial charge is 0.352 e. The van der Waals surface area contributed by atoms with Gasteiger partial charge in [0.05, 0.1) is 0 Å². The predicted molar refractivity (Wildman–Crippen MR) is 60.2 cm³/mol. The van der Waals surface area contributed by atoms with Crippen molar-refractivity contribution in [2.75, 3.05) is 0 Å². The highest BCUT2D eigenvalue weighted by atomic mass is 32.1. The Hall–Kier alpha value is -0.830. The van der Waals surface area contributed by atoms with Gasteiger partial charge < -0.3 is 5.32 Å². The van der Waals surface area contributed by atoms with Crippen LogP contribution >= 0.6 is 11.3 Å². The lowest BCUT2D eigenvalue weighted by Crippen LogP contribution is -2.29. The van der Waals surface area contributed by atoms with E-state index in [0.717, 1.165) is 12.8 Å². The molecule has 1 amide bonds.